The summed E-state index contributed by atoms with van der Waals surface area (Å²) in [5.41, 5.74) is -0.525. The molecule has 2 rings (SSSR count). The minimum atomic E-state index is -0.525. The molecule has 0 saturated heterocycles. The Morgan fingerprint density at radius 1 is 1.63 bits per heavy atom. The number of esters is 1. The highest BCUT2D eigenvalue weighted by Gasteiger charge is 2.42. The molecular weight excluding hydrogens is 262 g/mol. The lowest BCUT2D eigenvalue weighted by Gasteiger charge is -2.38. The van der Waals surface area contributed by atoms with Crippen LogP contribution in [-0.2, 0) is 9.53 Å². The van der Waals surface area contributed by atoms with Crippen molar-refractivity contribution in [1.82, 2.24) is 5.32 Å². The van der Waals surface area contributed by atoms with Gasteiger partial charge in [0, 0.05) is 10.1 Å². The van der Waals surface area contributed by atoms with E-state index in [1.54, 1.807) is 18.0 Å². The van der Waals surface area contributed by atoms with Gasteiger partial charge in [0.2, 0.25) is 0 Å². The largest absolute Gasteiger partial charge is 0.468 e. The van der Waals surface area contributed by atoms with Crippen molar-refractivity contribution in [3.05, 3.63) is 18.1 Å². The van der Waals surface area contributed by atoms with Gasteiger partial charge in [0.15, 0.2) is 0 Å². The van der Waals surface area contributed by atoms with Crippen molar-refractivity contribution in [2.75, 3.05) is 14.2 Å². The van der Waals surface area contributed by atoms with Crippen molar-refractivity contribution in [1.29, 1.82) is 0 Å². The Labute approximate surface area is 118 Å². The maximum Gasteiger partial charge on any atom is 0.326 e. The van der Waals surface area contributed by atoms with Crippen molar-refractivity contribution in [3.8, 4) is 0 Å². The van der Waals surface area contributed by atoms with Crippen molar-refractivity contribution < 1.29 is 13.9 Å². The Morgan fingerprint density at radius 3 is 3.00 bits per heavy atom. The smallest absolute Gasteiger partial charge is 0.326 e. The zero-order chi connectivity index (χ0) is 13.9. The zero-order valence-corrected chi connectivity index (χ0v) is 12.5. The topological polar surface area (TPSA) is 51.5 Å². The van der Waals surface area contributed by atoms with E-state index in [2.05, 4.69) is 5.32 Å². The molecule has 19 heavy (non-hydrogen) atoms. The Bertz CT molecular complexity index is 446. The maximum absolute atomic E-state index is 12.0. The van der Waals surface area contributed by atoms with Crippen LogP contribution >= 0.6 is 11.8 Å². The fourth-order valence-electron chi connectivity index (χ4n) is 2.71. The average molecular weight is 283 g/mol. The van der Waals surface area contributed by atoms with Gasteiger partial charge in [-0.1, -0.05) is 0 Å². The monoisotopic (exact) mass is 283 g/mol. The zero-order valence-electron chi connectivity index (χ0n) is 11.7. The number of aryl methyl sites for hydroxylation is 1. The number of furan rings is 1. The molecule has 1 fully saturated rings. The highest BCUT2D eigenvalue weighted by molar-refractivity contribution is 8.00. The number of nitrogens with one attached hydrogen (secondary N) is 1. The number of hydrogen-bond donors (Lipinski definition) is 1. The molecule has 1 saturated carbocycles. The molecule has 0 aliphatic heterocycles. The van der Waals surface area contributed by atoms with E-state index in [4.69, 9.17) is 9.15 Å². The van der Waals surface area contributed by atoms with Crippen LogP contribution in [-0.4, -0.2) is 30.9 Å². The Kier molecular flexibility index (Phi) is 4.58. The number of rotatable bonds is 4. The summed E-state index contributed by atoms with van der Waals surface area (Å²) in [6.45, 7) is 1.97. The van der Waals surface area contributed by atoms with Gasteiger partial charge in [0.1, 0.15) is 11.3 Å². The molecule has 2 unspecified atom stereocenters. The second kappa shape index (κ2) is 6.01. The Morgan fingerprint density at radius 2 is 2.42 bits per heavy atom. The molecule has 0 amide bonds. The van der Waals surface area contributed by atoms with E-state index >= 15 is 0 Å². The molecule has 1 aliphatic rings. The van der Waals surface area contributed by atoms with E-state index in [9.17, 15) is 4.79 Å². The first-order chi connectivity index (χ1) is 9.11. The number of hydrogen-bond acceptors (Lipinski definition) is 5. The third-order valence-corrected chi connectivity index (χ3v) is 5.28. The first-order valence-electron chi connectivity index (χ1n) is 6.59. The summed E-state index contributed by atoms with van der Waals surface area (Å²) in [5, 5.41) is 3.59. The lowest BCUT2D eigenvalue weighted by molar-refractivity contribution is -0.149. The number of carbonyl (C=O) groups excluding carboxylic acids is 1. The third kappa shape index (κ3) is 2.98. The SMILES string of the molecule is CNC1(C(=O)OC)CCCC(Sc2ccoc2C)C1. The van der Waals surface area contributed by atoms with Crippen molar-refractivity contribution in [2.45, 2.75) is 48.3 Å². The van der Waals surface area contributed by atoms with Crippen LogP contribution in [0.25, 0.3) is 0 Å². The summed E-state index contributed by atoms with van der Waals surface area (Å²) in [4.78, 5) is 13.2. The maximum atomic E-state index is 12.0. The Balaban J connectivity index is 2.08. The minimum Gasteiger partial charge on any atom is -0.468 e. The number of methoxy groups -OCH3 is 1. The standard InChI is InChI=1S/C14H21NO3S/c1-10-12(6-8-18-10)19-11-5-4-7-14(9-11,15-2)13(16)17-3/h6,8,11,15H,4-5,7,9H2,1-3H3. The second-order valence-corrected chi connectivity index (χ2v) is 6.34. The number of thioether (sulfide) groups is 1. The summed E-state index contributed by atoms with van der Waals surface area (Å²) < 4.78 is 10.3. The third-order valence-electron chi connectivity index (χ3n) is 3.87. The molecule has 1 aromatic heterocycles. The quantitative estimate of drug-likeness (QED) is 0.861. The number of ether oxygens (including phenoxy) is 1. The molecule has 0 bridgehead atoms. The van der Waals surface area contributed by atoms with Gasteiger partial charge in [-0.2, -0.15) is 0 Å². The molecule has 4 nitrogen and oxygen atoms in total. The van der Waals surface area contributed by atoms with Crippen LogP contribution in [0, 0.1) is 6.92 Å². The van der Waals surface area contributed by atoms with Gasteiger partial charge in [0.05, 0.1) is 13.4 Å². The van der Waals surface area contributed by atoms with E-state index in [0.717, 1.165) is 31.4 Å². The molecule has 106 valence electrons. The van der Waals surface area contributed by atoms with Gasteiger partial charge in [-0.15, -0.1) is 11.8 Å². The molecule has 1 heterocycles. The normalized spacial score (nSPS) is 27.2. The molecule has 0 aromatic carbocycles. The second-order valence-electron chi connectivity index (χ2n) is 5.00. The van der Waals surface area contributed by atoms with Gasteiger partial charge in [-0.25, -0.2) is 0 Å². The van der Waals surface area contributed by atoms with E-state index in [1.165, 1.54) is 12.0 Å². The van der Waals surface area contributed by atoms with Crippen LogP contribution in [0.5, 0.6) is 0 Å². The van der Waals surface area contributed by atoms with Gasteiger partial charge in [-0.3, -0.25) is 4.79 Å². The van der Waals surface area contributed by atoms with Crippen molar-refractivity contribution in [2.24, 2.45) is 0 Å². The van der Waals surface area contributed by atoms with E-state index < -0.39 is 5.54 Å². The molecule has 1 aliphatic carbocycles. The highest BCUT2D eigenvalue weighted by Crippen LogP contribution is 2.39. The lowest BCUT2D eigenvalue weighted by atomic mass is 9.81. The summed E-state index contributed by atoms with van der Waals surface area (Å²) >= 11 is 1.80. The fraction of sp³-hybridized carbons (Fsp3) is 0.643. The summed E-state index contributed by atoms with van der Waals surface area (Å²) in [6, 6.07) is 1.99. The molecule has 0 spiro atoms. The summed E-state index contributed by atoms with van der Waals surface area (Å²) in [5.74, 6) is 0.799. The van der Waals surface area contributed by atoms with Crippen LogP contribution in [0.2, 0.25) is 0 Å². The van der Waals surface area contributed by atoms with Crippen LogP contribution in [0.4, 0.5) is 0 Å². The predicted molar refractivity (Wildman–Crippen MR) is 75.4 cm³/mol. The molecule has 0 radical (unpaired) electrons. The van der Waals surface area contributed by atoms with E-state index in [1.807, 2.05) is 20.0 Å². The van der Waals surface area contributed by atoms with Gasteiger partial charge in [-0.05, 0) is 45.7 Å². The van der Waals surface area contributed by atoms with Gasteiger partial charge < -0.3 is 14.5 Å². The van der Waals surface area contributed by atoms with E-state index in [-0.39, 0.29) is 5.97 Å². The van der Waals surface area contributed by atoms with Gasteiger partial charge in [0.25, 0.3) is 0 Å². The number of carbonyl (C=O) groups is 1. The molecule has 1 aromatic rings. The van der Waals surface area contributed by atoms with Crippen LogP contribution in [0.3, 0.4) is 0 Å². The highest BCUT2D eigenvalue weighted by atomic mass is 32.2. The molecule has 2 atom stereocenters. The lowest BCUT2D eigenvalue weighted by Crippen LogP contribution is -2.54. The summed E-state index contributed by atoms with van der Waals surface area (Å²) in [7, 11) is 3.30. The molecule has 1 N–H and O–H groups in total. The number of likely N-dealkylation sites (N-methyl/N-ethyl adjacent to an activating group) is 1. The fourth-order valence-corrected chi connectivity index (χ4v) is 4.07. The Hall–Kier alpha value is -0.940. The molecular formula is C14H21NO3S. The van der Waals surface area contributed by atoms with Crippen LogP contribution in [0.15, 0.2) is 21.6 Å². The first kappa shape index (κ1) is 14.5. The minimum absolute atomic E-state index is 0.149. The van der Waals surface area contributed by atoms with Crippen LogP contribution in [0.1, 0.15) is 31.4 Å². The van der Waals surface area contributed by atoms with Gasteiger partial charge >= 0.3 is 5.97 Å². The van der Waals surface area contributed by atoms with Crippen LogP contribution < -0.4 is 5.32 Å². The average Bonchev–Trinajstić information content (AvgIpc) is 2.83. The first-order valence-corrected chi connectivity index (χ1v) is 7.47. The van der Waals surface area contributed by atoms with Crippen molar-refractivity contribution in [3.63, 3.8) is 0 Å². The predicted octanol–water partition coefficient (Wildman–Crippen LogP) is 2.75. The molecule has 5 heteroatoms. The van der Waals surface area contributed by atoms with Crippen molar-refractivity contribution >= 4 is 17.7 Å². The summed E-state index contributed by atoms with van der Waals surface area (Å²) in [6.07, 6.45) is 5.51. The van der Waals surface area contributed by atoms with E-state index in [0.29, 0.717) is 5.25 Å².